The lowest BCUT2D eigenvalue weighted by Crippen LogP contribution is -2.22. The van der Waals surface area contributed by atoms with Gasteiger partial charge in [0.05, 0.1) is 18.0 Å². The standard InChI is InChI=1S/C13H18N6O/c1-9-14-3-10(4-15-9)6-19-7-11(13(8-19)20-2)12-5-16-18-17-12/h3-5,11,13H,6-8H2,1-2H3,(H,16,17,18)/t11-,13+/m0/s1. The third kappa shape index (κ3) is 2.68. The SMILES string of the molecule is CO[C@@H]1CN(Cc2cnc(C)nc2)C[C@H]1c1cn[nH]n1. The van der Waals surface area contributed by atoms with Crippen molar-refractivity contribution < 1.29 is 4.74 Å². The third-order valence-electron chi connectivity index (χ3n) is 3.70. The number of nitrogens with one attached hydrogen (secondary N) is 1. The van der Waals surface area contributed by atoms with Crippen molar-refractivity contribution in [1.29, 1.82) is 0 Å². The fourth-order valence-electron chi connectivity index (χ4n) is 2.65. The minimum atomic E-state index is 0.145. The lowest BCUT2D eigenvalue weighted by Gasteiger charge is -2.14. The number of aryl methyl sites for hydroxylation is 1. The monoisotopic (exact) mass is 274 g/mol. The third-order valence-corrected chi connectivity index (χ3v) is 3.70. The second kappa shape index (κ2) is 5.64. The van der Waals surface area contributed by atoms with E-state index >= 15 is 0 Å². The Morgan fingerprint density at radius 1 is 1.30 bits per heavy atom. The number of ether oxygens (including phenoxy) is 1. The lowest BCUT2D eigenvalue weighted by atomic mass is 10.0. The molecule has 106 valence electrons. The van der Waals surface area contributed by atoms with Gasteiger partial charge in [-0.25, -0.2) is 9.97 Å². The van der Waals surface area contributed by atoms with Crippen molar-refractivity contribution in [3.63, 3.8) is 0 Å². The number of hydrogen-bond donors (Lipinski definition) is 1. The van der Waals surface area contributed by atoms with Crippen LogP contribution in [0.25, 0.3) is 0 Å². The van der Waals surface area contributed by atoms with E-state index in [1.54, 1.807) is 13.3 Å². The summed E-state index contributed by atoms with van der Waals surface area (Å²) in [5.74, 6) is 1.05. The minimum absolute atomic E-state index is 0.145. The molecule has 0 amide bonds. The topological polar surface area (TPSA) is 79.8 Å². The van der Waals surface area contributed by atoms with E-state index < -0.39 is 0 Å². The molecule has 2 aromatic heterocycles. The van der Waals surface area contributed by atoms with Gasteiger partial charge in [-0.3, -0.25) is 4.90 Å². The zero-order valence-corrected chi connectivity index (χ0v) is 11.7. The van der Waals surface area contributed by atoms with Crippen molar-refractivity contribution in [2.45, 2.75) is 25.5 Å². The van der Waals surface area contributed by atoms with E-state index in [1.807, 2.05) is 19.3 Å². The zero-order chi connectivity index (χ0) is 13.9. The van der Waals surface area contributed by atoms with Crippen LogP contribution in [0, 0.1) is 6.92 Å². The molecule has 2 atom stereocenters. The van der Waals surface area contributed by atoms with Crippen LogP contribution in [0.5, 0.6) is 0 Å². The van der Waals surface area contributed by atoms with Crippen LogP contribution < -0.4 is 0 Å². The van der Waals surface area contributed by atoms with Crippen LogP contribution in [0.15, 0.2) is 18.6 Å². The number of rotatable bonds is 4. The maximum absolute atomic E-state index is 5.58. The highest BCUT2D eigenvalue weighted by Gasteiger charge is 2.35. The van der Waals surface area contributed by atoms with Gasteiger partial charge in [0.2, 0.25) is 0 Å². The molecule has 1 fully saturated rings. The van der Waals surface area contributed by atoms with Gasteiger partial charge in [-0.05, 0) is 6.92 Å². The Morgan fingerprint density at radius 2 is 2.10 bits per heavy atom. The molecule has 0 spiro atoms. The summed E-state index contributed by atoms with van der Waals surface area (Å²) >= 11 is 0. The smallest absolute Gasteiger partial charge is 0.125 e. The molecule has 0 bridgehead atoms. The van der Waals surface area contributed by atoms with Gasteiger partial charge in [-0.15, -0.1) is 0 Å². The average Bonchev–Trinajstić information content (AvgIpc) is 3.10. The number of aromatic nitrogens is 5. The molecule has 1 N–H and O–H groups in total. The number of methoxy groups -OCH3 is 1. The first kappa shape index (κ1) is 13.1. The summed E-state index contributed by atoms with van der Waals surface area (Å²) in [7, 11) is 1.75. The first-order valence-electron chi connectivity index (χ1n) is 6.64. The van der Waals surface area contributed by atoms with Crippen LogP contribution in [0.3, 0.4) is 0 Å². The van der Waals surface area contributed by atoms with Gasteiger partial charge >= 0.3 is 0 Å². The predicted octanol–water partition coefficient (Wildman–Crippen LogP) is 0.518. The fraction of sp³-hybridized carbons (Fsp3) is 0.538. The highest BCUT2D eigenvalue weighted by atomic mass is 16.5. The fourth-order valence-corrected chi connectivity index (χ4v) is 2.65. The molecular weight excluding hydrogens is 256 g/mol. The van der Waals surface area contributed by atoms with E-state index in [0.29, 0.717) is 0 Å². The Kier molecular flexibility index (Phi) is 3.70. The molecule has 1 aliphatic heterocycles. The summed E-state index contributed by atoms with van der Waals surface area (Å²) in [6, 6.07) is 0. The molecule has 3 rings (SSSR count). The molecule has 7 heteroatoms. The quantitative estimate of drug-likeness (QED) is 0.875. The Balaban J connectivity index is 1.69. The van der Waals surface area contributed by atoms with Crippen LogP contribution >= 0.6 is 0 Å². The van der Waals surface area contributed by atoms with Crippen molar-refractivity contribution in [3.05, 3.63) is 35.7 Å². The van der Waals surface area contributed by atoms with E-state index in [9.17, 15) is 0 Å². The van der Waals surface area contributed by atoms with Gasteiger partial charge in [-0.2, -0.15) is 15.4 Å². The largest absolute Gasteiger partial charge is 0.379 e. The Hall–Kier alpha value is -1.86. The zero-order valence-electron chi connectivity index (χ0n) is 11.7. The molecule has 1 saturated heterocycles. The maximum Gasteiger partial charge on any atom is 0.125 e. The van der Waals surface area contributed by atoms with Crippen molar-refractivity contribution >= 4 is 0 Å². The van der Waals surface area contributed by atoms with Crippen LogP contribution in [0.4, 0.5) is 0 Å². The predicted molar refractivity (Wildman–Crippen MR) is 72.0 cm³/mol. The van der Waals surface area contributed by atoms with Gasteiger partial charge in [0.25, 0.3) is 0 Å². The second-order valence-electron chi connectivity index (χ2n) is 5.11. The van der Waals surface area contributed by atoms with Gasteiger partial charge in [0.1, 0.15) is 5.82 Å². The molecule has 1 aliphatic rings. The number of likely N-dealkylation sites (tertiary alicyclic amines) is 1. The first-order valence-corrected chi connectivity index (χ1v) is 6.64. The Bertz CT molecular complexity index is 540. The minimum Gasteiger partial charge on any atom is -0.379 e. The molecule has 0 radical (unpaired) electrons. The van der Waals surface area contributed by atoms with Crippen molar-refractivity contribution in [2.75, 3.05) is 20.2 Å². The molecule has 0 saturated carbocycles. The van der Waals surface area contributed by atoms with E-state index in [4.69, 9.17) is 4.74 Å². The summed E-state index contributed by atoms with van der Waals surface area (Å²) in [6.07, 6.45) is 5.68. The van der Waals surface area contributed by atoms with Gasteiger partial charge in [0, 0.05) is 50.6 Å². The Labute approximate surface area is 117 Å². The number of nitrogens with zero attached hydrogens (tertiary/aromatic N) is 5. The first-order chi connectivity index (χ1) is 9.76. The molecule has 7 nitrogen and oxygen atoms in total. The van der Waals surface area contributed by atoms with E-state index in [2.05, 4.69) is 30.3 Å². The molecule has 0 unspecified atom stereocenters. The summed E-state index contributed by atoms with van der Waals surface area (Å²) in [4.78, 5) is 10.8. The number of aromatic amines is 1. The second-order valence-corrected chi connectivity index (χ2v) is 5.11. The average molecular weight is 274 g/mol. The van der Waals surface area contributed by atoms with Gasteiger partial charge in [0.15, 0.2) is 0 Å². The van der Waals surface area contributed by atoms with Gasteiger partial charge in [-0.1, -0.05) is 0 Å². The molecule has 0 aliphatic carbocycles. The lowest BCUT2D eigenvalue weighted by molar-refractivity contribution is 0.0957. The van der Waals surface area contributed by atoms with E-state index in [0.717, 1.165) is 36.7 Å². The van der Waals surface area contributed by atoms with E-state index in [-0.39, 0.29) is 12.0 Å². The maximum atomic E-state index is 5.58. The summed E-state index contributed by atoms with van der Waals surface area (Å²) < 4.78 is 5.58. The summed E-state index contributed by atoms with van der Waals surface area (Å²) in [5.41, 5.74) is 2.07. The molecule has 0 aromatic carbocycles. The van der Waals surface area contributed by atoms with Gasteiger partial charge < -0.3 is 4.74 Å². The number of H-pyrrole nitrogens is 1. The normalized spacial score (nSPS) is 23.3. The molecule has 20 heavy (non-hydrogen) atoms. The molecule has 3 heterocycles. The summed E-state index contributed by atoms with van der Waals surface area (Å²) in [6.45, 7) is 4.50. The molecular formula is C13H18N6O. The van der Waals surface area contributed by atoms with Crippen LogP contribution in [0.1, 0.15) is 23.0 Å². The number of hydrogen-bond acceptors (Lipinski definition) is 6. The van der Waals surface area contributed by atoms with Crippen LogP contribution in [0.2, 0.25) is 0 Å². The van der Waals surface area contributed by atoms with Crippen molar-refractivity contribution in [1.82, 2.24) is 30.3 Å². The van der Waals surface area contributed by atoms with Crippen molar-refractivity contribution in [2.24, 2.45) is 0 Å². The van der Waals surface area contributed by atoms with Crippen LogP contribution in [-0.4, -0.2) is 56.6 Å². The highest BCUT2D eigenvalue weighted by molar-refractivity contribution is 5.11. The Morgan fingerprint density at radius 3 is 2.75 bits per heavy atom. The summed E-state index contributed by atoms with van der Waals surface area (Å²) in [5, 5.41) is 10.7. The van der Waals surface area contributed by atoms with Crippen molar-refractivity contribution in [3.8, 4) is 0 Å². The van der Waals surface area contributed by atoms with Crippen LogP contribution in [-0.2, 0) is 11.3 Å². The van der Waals surface area contributed by atoms with E-state index in [1.165, 1.54) is 0 Å². The highest BCUT2D eigenvalue weighted by Crippen LogP contribution is 2.28. The molecule has 2 aromatic rings.